The van der Waals surface area contributed by atoms with E-state index >= 15 is 0 Å². The second kappa shape index (κ2) is 6.01. The minimum absolute atomic E-state index is 0.609. The molecule has 0 aromatic heterocycles. The van der Waals surface area contributed by atoms with Crippen LogP contribution in [0.25, 0.3) is 0 Å². The number of benzene rings is 2. The van der Waals surface area contributed by atoms with E-state index in [4.69, 9.17) is 0 Å². The average molecular weight is 253 g/mol. The van der Waals surface area contributed by atoms with Gasteiger partial charge in [0, 0.05) is 0 Å². The molecule has 1 radical (unpaired) electrons. The summed E-state index contributed by atoms with van der Waals surface area (Å²) < 4.78 is 0. The van der Waals surface area contributed by atoms with E-state index < -0.39 is 8.80 Å². The third-order valence-corrected chi connectivity index (χ3v) is 5.86. The van der Waals surface area contributed by atoms with Crippen molar-refractivity contribution >= 4 is 19.2 Å². The minimum Gasteiger partial charge on any atom is -0.0628 e. The lowest BCUT2D eigenvalue weighted by atomic mass is 10.1. The van der Waals surface area contributed by atoms with Gasteiger partial charge in [-0.15, -0.1) is 0 Å². The van der Waals surface area contributed by atoms with E-state index in [0.29, 0.717) is 0 Å². The summed E-state index contributed by atoms with van der Waals surface area (Å²) in [5.41, 5.74) is 2.95. The lowest BCUT2D eigenvalue weighted by molar-refractivity contribution is 1.09. The second-order valence-corrected chi connectivity index (χ2v) is 7.14. The maximum Gasteiger partial charge on any atom is 0.118 e. The smallest absolute Gasteiger partial charge is 0.0628 e. The molecule has 2 aromatic carbocycles. The molecule has 18 heavy (non-hydrogen) atoms. The largest absolute Gasteiger partial charge is 0.118 e. The number of hydrogen-bond acceptors (Lipinski definition) is 0. The Kier molecular flexibility index (Phi) is 4.37. The van der Waals surface area contributed by atoms with Gasteiger partial charge in [-0.05, 0) is 24.0 Å². The standard InChI is InChI=1S/C17H21Si/c1-4-14-11-15(5-2)13-17(12-14)18(3)16-9-7-6-8-10-16/h6-13H,4-5H2,1-3H3. The van der Waals surface area contributed by atoms with Crippen LogP contribution in [-0.2, 0) is 12.8 Å². The first-order valence-electron chi connectivity index (χ1n) is 6.76. The van der Waals surface area contributed by atoms with Crippen molar-refractivity contribution in [2.45, 2.75) is 33.2 Å². The SMILES string of the molecule is CCc1cc(CC)cc([Si](C)c2ccccc2)c1. The van der Waals surface area contributed by atoms with Gasteiger partial charge in [0.15, 0.2) is 0 Å². The predicted molar refractivity (Wildman–Crippen MR) is 82.5 cm³/mol. The molecule has 0 unspecified atom stereocenters. The van der Waals surface area contributed by atoms with Gasteiger partial charge in [-0.1, -0.05) is 79.3 Å². The molecule has 0 spiro atoms. The fourth-order valence-corrected chi connectivity index (χ4v) is 4.07. The van der Waals surface area contributed by atoms with Gasteiger partial charge in [0.05, 0.1) is 0 Å². The van der Waals surface area contributed by atoms with Gasteiger partial charge in [-0.2, -0.15) is 0 Å². The zero-order chi connectivity index (χ0) is 13.0. The maximum atomic E-state index is 2.40. The molecular weight excluding hydrogens is 232 g/mol. The lowest BCUT2D eigenvalue weighted by Gasteiger charge is -2.13. The molecular formula is C17H21Si. The third kappa shape index (κ3) is 2.91. The predicted octanol–water partition coefficient (Wildman–Crippen LogP) is 3.05. The Labute approximate surface area is 112 Å². The monoisotopic (exact) mass is 253 g/mol. The first kappa shape index (κ1) is 13.1. The zero-order valence-electron chi connectivity index (χ0n) is 11.5. The van der Waals surface area contributed by atoms with Gasteiger partial charge >= 0.3 is 0 Å². The molecule has 0 aliphatic rings. The highest BCUT2D eigenvalue weighted by molar-refractivity contribution is 6.84. The zero-order valence-corrected chi connectivity index (χ0v) is 12.5. The Morgan fingerprint density at radius 1 is 0.778 bits per heavy atom. The molecule has 0 amide bonds. The van der Waals surface area contributed by atoms with E-state index in [1.165, 1.54) is 16.3 Å². The second-order valence-electron chi connectivity index (χ2n) is 4.74. The molecule has 0 aliphatic carbocycles. The Hall–Kier alpha value is -1.34. The molecule has 0 N–H and O–H groups in total. The summed E-state index contributed by atoms with van der Waals surface area (Å²) in [5, 5.41) is 3.04. The van der Waals surface area contributed by atoms with Crippen LogP contribution in [0.15, 0.2) is 48.5 Å². The van der Waals surface area contributed by atoms with Crippen LogP contribution in [0.4, 0.5) is 0 Å². The molecule has 0 atom stereocenters. The minimum atomic E-state index is -0.609. The van der Waals surface area contributed by atoms with Gasteiger partial charge in [0.1, 0.15) is 8.80 Å². The Morgan fingerprint density at radius 3 is 1.83 bits per heavy atom. The summed E-state index contributed by atoms with van der Waals surface area (Å²) in [4.78, 5) is 0. The van der Waals surface area contributed by atoms with Crippen molar-refractivity contribution < 1.29 is 0 Å². The fourth-order valence-electron chi connectivity index (χ4n) is 2.24. The Balaban J connectivity index is 2.38. The normalized spacial score (nSPS) is 10.9. The molecule has 2 rings (SSSR count). The van der Waals surface area contributed by atoms with Gasteiger partial charge in [-0.3, -0.25) is 0 Å². The summed E-state index contributed by atoms with van der Waals surface area (Å²) in [6.07, 6.45) is 2.26. The van der Waals surface area contributed by atoms with Gasteiger partial charge in [0.25, 0.3) is 0 Å². The highest BCUT2D eigenvalue weighted by atomic mass is 28.3. The van der Waals surface area contributed by atoms with Crippen LogP contribution in [0.3, 0.4) is 0 Å². The molecule has 1 heteroatoms. The van der Waals surface area contributed by atoms with Crippen molar-refractivity contribution in [3.05, 3.63) is 59.7 Å². The topological polar surface area (TPSA) is 0 Å². The van der Waals surface area contributed by atoms with E-state index in [0.717, 1.165) is 12.8 Å². The highest BCUT2D eigenvalue weighted by Gasteiger charge is 2.11. The summed E-state index contributed by atoms with van der Waals surface area (Å²) in [5.74, 6) is 0. The number of hydrogen-bond donors (Lipinski definition) is 0. The lowest BCUT2D eigenvalue weighted by Crippen LogP contribution is -2.39. The number of rotatable bonds is 4. The highest BCUT2D eigenvalue weighted by Crippen LogP contribution is 2.06. The van der Waals surface area contributed by atoms with E-state index in [1.807, 2.05) is 0 Å². The molecule has 0 aliphatic heterocycles. The van der Waals surface area contributed by atoms with Crippen LogP contribution in [0.1, 0.15) is 25.0 Å². The van der Waals surface area contributed by atoms with Crippen molar-refractivity contribution in [1.29, 1.82) is 0 Å². The van der Waals surface area contributed by atoms with Crippen molar-refractivity contribution in [2.75, 3.05) is 0 Å². The first-order valence-corrected chi connectivity index (χ1v) is 8.76. The van der Waals surface area contributed by atoms with Crippen LogP contribution in [0, 0.1) is 0 Å². The van der Waals surface area contributed by atoms with Crippen LogP contribution in [-0.4, -0.2) is 8.80 Å². The van der Waals surface area contributed by atoms with Crippen LogP contribution in [0.5, 0.6) is 0 Å². The Morgan fingerprint density at radius 2 is 1.33 bits per heavy atom. The first-order chi connectivity index (χ1) is 8.74. The van der Waals surface area contributed by atoms with Crippen molar-refractivity contribution in [3.8, 4) is 0 Å². The van der Waals surface area contributed by atoms with E-state index in [9.17, 15) is 0 Å². The molecule has 0 bridgehead atoms. The molecule has 0 fully saturated rings. The molecule has 0 saturated carbocycles. The number of aryl methyl sites for hydroxylation is 2. The summed E-state index contributed by atoms with van der Waals surface area (Å²) >= 11 is 0. The van der Waals surface area contributed by atoms with Gasteiger partial charge in [-0.25, -0.2) is 0 Å². The van der Waals surface area contributed by atoms with Crippen molar-refractivity contribution in [1.82, 2.24) is 0 Å². The van der Waals surface area contributed by atoms with Crippen LogP contribution in [0.2, 0.25) is 6.55 Å². The average Bonchev–Trinajstić information content (AvgIpc) is 2.46. The van der Waals surface area contributed by atoms with Crippen molar-refractivity contribution in [2.24, 2.45) is 0 Å². The molecule has 0 nitrogen and oxygen atoms in total. The van der Waals surface area contributed by atoms with Crippen LogP contribution >= 0.6 is 0 Å². The maximum absolute atomic E-state index is 2.40. The summed E-state index contributed by atoms with van der Waals surface area (Å²) in [7, 11) is -0.609. The van der Waals surface area contributed by atoms with E-state index in [2.05, 4.69) is 68.9 Å². The Bertz CT molecular complexity index is 480. The van der Waals surface area contributed by atoms with Crippen LogP contribution < -0.4 is 10.4 Å². The van der Waals surface area contributed by atoms with E-state index in [1.54, 1.807) is 5.19 Å². The molecule has 2 aromatic rings. The third-order valence-electron chi connectivity index (χ3n) is 3.51. The summed E-state index contributed by atoms with van der Waals surface area (Å²) in [6, 6.07) is 18.1. The molecule has 0 saturated heterocycles. The van der Waals surface area contributed by atoms with E-state index in [-0.39, 0.29) is 0 Å². The fraction of sp³-hybridized carbons (Fsp3) is 0.294. The molecule has 0 heterocycles. The molecule has 93 valence electrons. The van der Waals surface area contributed by atoms with Crippen molar-refractivity contribution in [3.63, 3.8) is 0 Å². The quantitative estimate of drug-likeness (QED) is 0.735. The van der Waals surface area contributed by atoms with Gasteiger partial charge in [0.2, 0.25) is 0 Å². The van der Waals surface area contributed by atoms with Gasteiger partial charge < -0.3 is 0 Å². The summed E-state index contributed by atoms with van der Waals surface area (Å²) in [6.45, 7) is 6.88.